The molecule has 1 saturated carbocycles. The molecule has 0 amide bonds. The minimum Gasteiger partial charge on any atom is -0.378 e. The lowest BCUT2D eigenvalue weighted by atomic mass is 9.85. The Morgan fingerprint density at radius 1 is 1.00 bits per heavy atom. The van der Waals surface area contributed by atoms with Crippen LogP contribution in [0.15, 0.2) is 0 Å². The second kappa shape index (κ2) is 6.10. The molecular weight excluding hydrogens is 208 g/mol. The Balaban J connectivity index is 1.63. The van der Waals surface area contributed by atoms with Crippen molar-refractivity contribution in [3.05, 3.63) is 0 Å². The van der Waals surface area contributed by atoms with E-state index in [2.05, 4.69) is 0 Å². The lowest BCUT2D eigenvalue weighted by Crippen LogP contribution is -2.26. The number of ether oxygens (including phenoxy) is 1. The summed E-state index contributed by atoms with van der Waals surface area (Å²) >= 11 is 6.15. The molecule has 0 radical (unpaired) electrons. The predicted molar refractivity (Wildman–Crippen MR) is 64.4 cm³/mol. The van der Waals surface area contributed by atoms with Crippen LogP contribution < -0.4 is 0 Å². The van der Waals surface area contributed by atoms with Gasteiger partial charge in [0.05, 0.1) is 6.10 Å². The van der Waals surface area contributed by atoms with E-state index in [1.807, 2.05) is 0 Å². The molecule has 2 aliphatic rings. The van der Waals surface area contributed by atoms with Crippen LogP contribution in [0, 0.1) is 5.92 Å². The number of halogens is 1. The summed E-state index contributed by atoms with van der Waals surface area (Å²) in [6.45, 7) is 0.878. The van der Waals surface area contributed by atoms with Crippen LogP contribution in [0.2, 0.25) is 0 Å². The lowest BCUT2D eigenvalue weighted by Gasteiger charge is -2.28. The summed E-state index contributed by atoms with van der Waals surface area (Å²) in [6.07, 6.45) is 12.5. The lowest BCUT2D eigenvalue weighted by molar-refractivity contribution is 0.00851. The summed E-state index contributed by atoms with van der Waals surface area (Å²) in [5.74, 6) is 0.984. The maximum Gasteiger partial charge on any atom is 0.0589 e. The summed E-state index contributed by atoms with van der Waals surface area (Å²) in [5, 5.41) is 0.370. The Hall–Kier alpha value is 0.250. The van der Waals surface area contributed by atoms with E-state index >= 15 is 0 Å². The molecule has 2 fully saturated rings. The van der Waals surface area contributed by atoms with Crippen molar-refractivity contribution in [2.75, 3.05) is 6.61 Å². The Labute approximate surface area is 98.5 Å². The Bertz CT molecular complexity index is 177. The van der Waals surface area contributed by atoms with Crippen LogP contribution in [0.5, 0.6) is 0 Å². The molecule has 2 atom stereocenters. The molecule has 0 aromatic carbocycles. The standard InChI is InChI=1S/C13H23ClO/c14-12-8-9-15-13(10-12)7-6-11-4-2-1-3-5-11/h11-13H,1-10H2. The molecule has 2 heteroatoms. The van der Waals surface area contributed by atoms with E-state index in [1.165, 1.54) is 44.9 Å². The minimum absolute atomic E-state index is 0.370. The van der Waals surface area contributed by atoms with Gasteiger partial charge < -0.3 is 4.74 Å². The van der Waals surface area contributed by atoms with Crippen molar-refractivity contribution < 1.29 is 4.74 Å². The molecule has 1 heterocycles. The monoisotopic (exact) mass is 230 g/mol. The zero-order chi connectivity index (χ0) is 10.5. The number of hydrogen-bond donors (Lipinski definition) is 0. The first-order chi connectivity index (χ1) is 7.34. The van der Waals surface area contributed by atoms with Gasteiger partial charge in [0.1, 0.15) is 0 Å². The first-order valence-corrected chi connectivity index (χ1v) is 7.04. The van der Waals surface area contributed by atoms with Crippen molar-refractivity contribution in [2.24, 2.45) is 5.92 Å². The van der Waals surface area contributed by atoms with E-state index < -0.39 is 0 Å². The van der Waals surface area contributed by atoms with Crippen LogP contribution >= 0.6 is 11.6 Å². The van der Waals surface area contributed by atoms with Crippen molar-refractivity contribution in [1.29, 1.82) is 0 Å². The fourth-order valence-corrected chi connectivity index (χ4v) is 3.22. The molecule has 1 aliphatic heterocycles. The first-order valence-electron chi connectivity index (χ1n) is 6.60. The second-order valence-corrected chi connectivity index (χ2v) is 5.81. The van der Waals surface area contributed by atoms with E-state index in [-0.39, 0.29) is 0 Å². The molecule has 1 aliphatic carbocycles. The third kappa shape index (κ3) is 3.96. The maximum atomic E-state index is 6.15. The Kier molecular flexibility index (Phi) is 4.77. The average molecular weight is 231 g/mol. The summed E-state index contributed by atoms with van der Waals surface area (Å²) in [5.41, 5.74) is 0. The second-order valence-electron chi connectivity index (χ2n) is 5.20. The maximum absolute atomic E-state index is 6.15. The van der Waals surface area contributed by atoms with Crippen LogP contribution in [0.25, 0.3) is 0 Å². The number of hydrogen-bond acceptors (Lipinski definition) is 1. The van der Waals surface area contributed by atoms with Crippen LogP contribution in [0.4, 0.5) is 0 Å². The number of alkyl halides is 1. The molecule has 0 N–H and O–H groups in total. The van der Waals surface area contributed by atoms with Gasteiger partial charge >= 0.3 is 0 Å². The molecule has 88 valence electrons. The van der Waals surface area contributed by atoms with E-state index in [4.69, 9.17) is 16.3 Å². The largest absolute Gasteiger partial charge is 0.378 e. The van der Waals surface area contributed by atoms with Gasteiger partial charge in [-0.3, -0.25) is 0 Å². The van der Waals surface area contributed by atoms with Gasteiger partial charge in [0.25, 0.3) is 0 Å². The Morgan fingerprint density at radius 2 is 1.80 bits per heavy atom. The van der Waals surface area contributed by atoms with Crippen molar-refractivity contribution in [1.82, 2.24) is 0 Å². The summed E-state index contributed by atoms with van der Waals surface area (Å²) in [7, 11) is 0. The topological polar surface area (TPSA) is 9.23 Å². The van der Waals surface area contributed by atoms with Crippen molar-refractivity contribution >= 4 is 11.6 Å². The van der Waals surface area contributed by atoms with Gasteiger partial charge in [-0.2, -0.15) is 0 Å². The Morgan fingerprint density at radius 3 is 2.53 bits per heavy atom. The van der Waals surface area contributed by atoms with Gasteiger partial charge in [0.2, 0.25) is 0 Å². The van der Waals surface area contributed by atoms with E-state index in [0.717, 1.165) is 25.4 Å². The molecule has 1 saturated heterocycles. The van der Waals surface area contributed by atoms with Gasteiger partial charge in [-0.15, -0.1) is 11.6 Å². The van der Waals surface area contributed by atoms with Crippen molar-refractivity contribution in [2.45, 2.75) is 69.3 Å². The number of rotatable bonds is 3. The van der Waals surface area contributed by atoms with Gasteiger partial charge in [-0.1, -0.05) is 32.1 Å². The van der Waals surface area contributed by atoms with E-state index in [9.17, 15) is 0 Å². The highest BCUT2D eigenvalue weighted by Crippen LogP contribution is 2.30. The molecule has 1 nitrogen and oxygen atoms in total. The summed E-state index contributed by atoms with van der Waals surface area (Å²) in [6, 6.07) is 0. The molecule has 0 spiro atoms. The van der Waals surface area contributed by atoms with Gasteiger partial charge in [-0.25, -0.2) is 0 Å². The first kappa shape index (κ1) is 11.7. The molecule has 2 unspecified atom stereocenters. The molecular formula is C13H23ClO. The minimum atomic E-state index is 0.370. The fraction of sp³-hybridized carbons (Fsp3) is 1.00. The van der Waals surface area contributed by atoms with Gasteiger partial charge in [-0.05, 0) is 31.6 Å². The highest BCUT2D eigenvalue weighted by molar-refractivity contribution is 6.20. The zero-order valence-electron chi connectivity index (χ0n) is 9.59. The fourth-order valence-electron chi connectivity index (χ4n) is 2.93. The van der Waals surface area contributed by atoms with Crippen molar-refractivity contribution in [3.63, 3.8) is 0 Å². The van der Waals surface area contributed by atoms with Crippen LogP contribution in [0.1, 0.15) is 57.8 Å². The average Bonchev–Trinajstić information content (AvgIpc) is 2.28. The zero-order valence-corrected chi connectivity index (χ0v) is 10.3. The summed E-state index contributed by atoms with van der Waals surface area (Å²) in [4.78, 5) is 0. The SMILES string of the molecule is ClC1CCOC(CCC2CCCCC2)C1. The highest BCUT2D eigenvalue weighted by atomic mass is 35.5. The van der Waals surface area contributed by atoms with Crippen LogP contribution in [-0.2, 0) is 4.74 Å². The molecule has 15 heavy (non-hydrogen) atoms. The third-order valence-corrected chi connectivity index (χ3v) is 4.32. The highest BCUT2D eigenvalue weighted by Gasteiger charge is 2.22. The molecule has 0 bridgehead atoms. The predicted octanol–water partition coefficient (Wildman–Crippen LogP) is 4.13. The van der Waals surface area contributed by atoms with Crippen LogP contribution in [0.3, 0.4) is 0 Å². The molecule has 0 aromatic heterocycles. The van der Waals surface area contributed by atoms with Gasteiger partial charge in [0.15, 0.2) is 0 Å². The third-order valence-electron chi connectivity index (χ3n) is 3.92. The van der Waals surface area contributed by atoms with E-state index in [1.54, 1.807) is 0 Å². The van der Waals surface area contributed by atoms with Gasteiger partial charge in [0, 0.05) is 12.0 Å². The quantitative estimate of drug-likeness (QED) is 0.663. The molecule has 2 rings (SSSR count). The summed E-state index contributed by atoms with van der Waals surface area (Å²) < 4.78 is 5.75. The normalized spacial score (nSPS) is 34.2. The smallest absolute Gasteiger partial charge is 0.0589 e. The van der Waals surface area contributed by atoms with Crippen molar-refractivity contribution in [3.8, 4) is 0 Å². The molecule has 0 aromatic rings. The van der Waals surface area contributed by atoms with Crippen LogP contribution in [-0.4, -0.2) is 18.1 Å². The van der Waals surface area contributed by atoms with E-state index in [0.29, 0.717) is 11.5 Å².